The van der Waals surface area contributed by atoms with Crippen LogP contribution in [0.25, 0.3) is 0 Å². The third-order valence-electron chi connectivity index (χ3n) is 8.27. The van der Waals surface area contributed by atoms with Gasteiger partial charge in [-0.1, -0.05) is 19.3 Å². The van der Waals surface area contributed by atoms with Crippen LogP contribution in [0.4, 0.5) is 0 Å². The molecule has 0 amide bonds. The van der Waals surface area contributed by atoms with Gasteiger partial charge in [-0.15, -0.1) is 0 Å². The monoisotopic (exact) mass is 516 g/mol. The topological polar surface area (TPSA) is 60.5 Å². The van der Waals surface area contributed by atoms with Gasteiger partial charge in [-0.3, -0.25) is 0 Å². The van der Waals surface area contributed by atoms with Crippen LogP contribution < -0.4 is 0 Å². The van der Waals surface area contributed by atoms with E-state index in [-0.39, 0.29) is 0 Å². The molecule has 4 fully saturated rings. The Balaban J connectivity index is 1.28. The Morgan fingerprint density at radius 1 is 0.781 bits per heavy atom. The molecule has 3 saturated carbocycles. The van der Waals surface area contributed by atoms with Crippen LogP contribution in [0.15, 0.2) is 0 Å². The Morgan fingerprint density at radius 3 is 1.94 bits per heavy atom. The largest absolute Gasteiger partial charge is 0.644 e. The van der Waals surface area contributed by atoms with Gasteiger partial charge in [0.1, 0.15) is 0 Å². The molecule has 4 aliphatic rings. The summed E-state index contributed by atoms with van der Waals surface area (Å²) in [7, 11) is -9.25. The maximum atomic E-state index is 11.6. The Labute approximate surface area is 201 Å². The van der Waals surface area contributed by atoms with Crippen molar-refractivity contribution in [2.24, 2.45) is 23.7 Å². The van der Waals surface area contributed by atoms with Crippen LogP contribution >= 0.6 is 0 Å². The fourth-order valence-electron chi connectivity index (χ4n) is 6.23. The highest BCUT2D eigenvalue weighted by Crippen LogP contribution is 2.52. The molecule has 0 bridgehead atoms. The molecule has 1 aliphatic heterocycles. The molecule has 0 spiro atoms. The van der Waals surface area contributed by atoms with Crippen molar-refractivity contribution in [1.29, 1.82) is 0 Å². The van der Waals surface area contributed by atoms with E-state index in [0.717, 1.165) is 35.8 Å². The zero-order chi connectivity index (χ0) is 23.1. The number of rotatable bonds is 12. The quantitative estimate of drug-likeness (QED) is 0.269. The fraction of sp³-hybridized carbons (Fsp3) is 1.00. The van der Waals surface area contributed by atoms with Gasteiger partial charge in [0.25, 0.3) is 0 Å². The zero-order valence-electron chi connectivity index (χ0n) is 21.4. The maximum Gasteiger partial charge on any atom is 0.644 e. The van der Waals surface area contributed by atoms with Crippen LogP contribution in [-0.4, -0.2) is 51.7 Å². The van der Waals surface area contributed by atoms with Gasteiger partial charge in [-0.2, -0.15) is 0 Å². The minimum Gasteiger partial charge on any atom is -0.398 e. The average Bonchev–Trinajstić information content (AvgIpc) is 3.56. The van der Waals surface area contributed by atoms with Crippen molar-refractivity contribution in [3.05, 3.63) is 0 Å². The maximum absolute atomic E-state index is 11.6. The summed E-state index contributed by atoms with van der Waals surface area (Å²) in [5.74, 6) is 3.69. The number of hydrogen-bond acceptors (Lipinski definition) is 5. The minimum atomic E-state index is -3.61. The van der Waals surface area contributed by atoms with Crippen molar-refractivity contribution in [3.8, 4) is 0 Å². The lowest BCUT2D eigenvalue weighted by Crippen LogP contribution is -2.60. The Kier molecular flexibility index (Phi) is 8.02. The number of ether oxygens (including phenoxy) is 1. The highest BCUT2D eigenvalue weighted by molar-refractivity contribution is 6.85. The van der Waals surface area contributed by atoms with E-state index in [1.54, 1.807) is 0 Å². The second-order valence-corrected chi connectivity index (χ2v) is 26.6. The summed E-state index contributed by atoms with van der Waals surface area (Å²) in [6.07, 6.45) is 13.0. The molecule has 32 heavy (non-hydrogen) atoms. The average molecular weight is 517 g/mol. The molecule has 0 aromatic heterocycles. The fourth-order valence-corrected chi connectivity index (χ4v) is 19.0. The Morgan fingerprint density at radius 2 is 1.38 bits per heavy atom. The standard InChI is InChI=1S/C23H48O5Si4/c1-29(2)26-32(24,27-30(3,4)13-11-18-7-9-20-17-21(20)15-18)28-31(5,6)14-12-19-8-10-22-23(16-19)25-22/h18-24,29H,7-17H2,1-6H3. The van der Waals surface area contributed by atoms with E-state index >= 15 is 0 Å². The van der Waals surface area contributed by atoms with Crippen molar-refractivity contribution < 1.29 is 21.9 Å². The SMILES string of the molecule is C[SiH](C)O[Si](O)(O[Si](C)(C)CCC1CCC2CC2C1)O[Si](C)(C)CCC1CCC2OC2C1. The number of hydrogen-bond donors (Lipinski definition) is 1. The van der Waals surface area contributed by atoms with Gasteiger partial charge in [0, 0.05) is 0 Å². The molecule has 1 heterocycles. The number of fused-ring (bicyclic) bond motifs is 2. The predicted molar refractivity (Wildman–Crippen MR) is 139 cm³/mol. The lowest BCUT2D eigenvalue weighted by Gasteiger charge is -2.39. The molecule has 0 aromatic rings. The third-order valence-corrected chi connectivity index (χ3v) is 20.8. The highest BCUT2D eigenvalue weighted by Gasteiger charge is 2.51. The van der Waals surface area contributed by atoms with Gasteiger partial charge in [0.05, 0.1) is 12.2 Å². The summed E-state index contributed by atoms with van der Waals surface area (Å²) >= 11 is 0. The van der Waals surface area contributed by atoms with E-state index in [1.165, 1.54) is 57.8 Å². The van der Waals surface area contributed by atoms with Crippen molar-refractivity contribution in [1.82, 2.24) is 0 Å². The Bertz CT molecular complexity index is 600. The molecule has 7 atom stereocenters. The molecular weight excluding hydrogens is 469 g/mol. The van der Waals surface area contributed by atoms with E-state index in [9.17, 15) is 4.80 Å². The molecule has 4 rings (SSSR count). The lowest BCUT2D eigenvalue weighted by atomic mass is 9.87. The van der Waals surface area contributed by atoms with Gasteiger partial charge in [0.2, 0.25) is 0 Å². The van der Waals surface area contributed by atoms with Crippen molar-refractivity contribution >= 4 is 34.7 Å². The highest BCUT2D eigenvalue weighted by atomic mass is 28.5. The van der Waals surface area contributed by atoms with E-state index in [4.69, 9.17) is 17.1 Å². The third kappa shape index (κ3) is 7.58. The predicted octanol–water partition coefficient (Wildman–Crippen LogP) is 5.64. The van der Waals surface area contributed by atoms with Gasteiger partial charge in [-0.05, 0) is 114 Å². The zero-order valence-corrected chi connectivity index (χ0v) is 25.6. The van der Waals surface area contributed by atoms with E-state index in [2.05, 4.69) is 39.3 Å². The van der Waals surface area contributed by atoms with E-state index < -0.39 is 34.7 Å². The van der Waals surface area contributed by atoms with Crippen molar-refractivity contribution in [3.63, 3.8) is 0 Å². The van der Waals surface area contributed by atoms with Gasteiger partial charge in [0.15, 0.2) is 25.7 Å². The van der Waals surface area contributed by atoms with E-state index in [0.29, 0.717) is 12.2 Å². The van der Waals surface area contributed by atoms with Crippen LogP contribution in [0.3, 0.4) is 0 Å². The lowest BCUT2D eigenvalue weighted by molar-refractivity contribution is 0.142. The summed E-state index contributed by atoms with van der Waals surface area (Å²) < 4.78 is 25.0. The molecule has 186 valence electrons. The summed E-state index contributed by atoms with van der Waals surface area (Å²) in [5.41, 5.74) is 0. The molecule has 1 N–H and O–H groups in total. The van der Waals surface area contributed by atoms with Gasteiger partial charge < -0.3 is 21.9 Å². The van der Waals surface area contributed by atoms with Crippen LogP contribution in [0, 0.1) is 23.7 Å². The summed E-state index contributed by atoms with van der Waals surface area (Å²) in [6.45, 7) is 13.2. The molecule has 0 radical (unpaired) electrons. The van der Waals surface area contributed by atoms with Crippen LogP contribution in [-0.2, 0) is 17.1 Å². The van der Waals surface area contributed by atoms with Gasteiger partial charge in [-0.25, -0.2) is 0 Å². The first-order valence-electron chi connectivity index (χ1n) is 13.4. The first kappa shape index (κ1) is 25.8. The molecular formula is C23H48O5Si4. The van der Waals surface area contributed by atoms with Crippen LogP contribution in [0.5, 0.6) is 0 Å². The van der Waals surface area contributed by atoms with Gasteiger partial charge >= 0.3 is 9.05 Å². The van der Waals surface area contributed by atoms with Crippen molar-refractivity contribution in [2.75, 3.05) is 0 Å². The Hall–Kier alpha value is 0.668. The summed E-state index contributed by atoms with van der Waals surface area (Å²) in [5, 5.41) is 0. The van der Waals surface area contributed by atoms with E-state index in [1.807, 2.05) is 0 Å². The second-order valence-electron chi connectivity index (χ2n) is 12.8. The summed E-state index contributed by atoms with van der Waals surface area (Å²) in [6, 6.07) is 2.16. The molecule has 3 aliphatic carbocycles. The number of epoxide rings is 1. The summed E-state index contributed by atoms with van der Waals surface area (Å²) in [4.78, 5) is 11.6. The first-order valence-corrected chi connectivity index (χ1v) is 24.1. The van der Waals surface area contributed by atoms with Crippen molar-refractivity contribution in [2.45, 2.75) is 121 Å². The molecule has 7 unspecified atom stereocenters. The van der Waals surface area contributed by atoms with Crippen LogP contribution in [0.1, 0.15) is 57.8 Å². The molecule has 0 aromatic carbocycles. The van der Waals surface area contributed by atoms with Crippen LogP contribution in [0.2, 0.25) is 51.4 Å². The normalized spacial score (nSPS) is 36.4. The second kappa shape index (κ2) is 9.97. The molecule has 5 nitrogen and oxygen atoms in total. The molecule has 9 heteroatoms. The minimum absolute atomic E-state index is 0.533. The smallest absolute Gasteiger partial charge is 0.398 e. The molecule has 1 saturated heterocycles. The first-order chi connectivity index (χ1) is 14.9.